The van der Waals surface area contributed by atoms with Gasteiger partial charge in [-0.25, -0.2) is 0 Å². The van der Waals surface area contributed by atoms with E-state index in [2.05, 4.69) is 23.3 Å². The van der Waals surface area contributed by atoms with E-state index >= 15 is 0 Å². The van der Waals surface area contributed by atoms with E-state index in [4.69, 9.17) is 0 Å². The van der Waals surface area contributed by atoms with Crippen LogP contribution in [0.4, 0.5) is 0 Å². The van der Waals surface area contributed by atoms with Gasteiger partial charge in [-0.1, -0.05) is 18.9 Å². The molecule has 90 valence electrons. The van der Waals surface area contributed by atoms with Gasteiger partial charge >= 0.3 is 0 Å². The van der Waals surface area contributed by atoms with Crippen LogP contribution in [0.5, 0.6) is 0 Å². The van der Waals surface area contributed by atoms with E-state index in [1.807, 2.05) is 12.3 Å². The lowest BCUT2D eigenvalue weighted by Crippen LogP contribution is -2.21. The molecule has 1 aromatic heterocycles. The number of halogens is 1. The molecule has 0 aliphatic heterocycles. The fourth-order valence-corrected chi connectivity index (χ4v) is 2.33. The molecule has 0 atom stereocenters. The van der Waals surface area contributed by atoms with E-state index in [-0.39, 0.29) is 12.4 Å². The van der Waals surface area contributed by atoms with Gasteiger partial charge in [0.05, 0.1) is 0 Å². The second-order valence-electron chi connectivity index (χ2n) is 4.53. The molecule has 0 bridgehead atoms. The molecule has 1 aromatic rings. The number of hydrogen-bond donors (Lipinski definition) is 1. The van der Waals surface area contributed by atoms with Gasteiger partial charge in [0.2, 0.25) is 0 Å². The Morgan fingerprint density at radius 2 is 2.12 bits per heavy atom. The number of rotatable bonds is 4. The standard InChI is InChI=1S/C13H20N2.ClH/c1-11-13(7-4-8-15-11)10-14-9-12-5-2-3-6-12;/h4,7-8,12,14H,2-3,5-6,9-10H2,1H3;1H. The third kappa shape index (κ3) is 3.76. The van der Waals surface area contributed by atoms with Crippen LogP contribution in [-0.4, -0.2) is 11.5 Å². The average molecular weight is 241 g/mol. The average Bonchev–Trinajstić information content (AvgIpc) is 2.74. The Labute approximate surface area is 104 Å². The minimum Gasteiger partial charge on any atom is -0.312 e. The largest absolute Gasteiger partial charge is 0.312 e. The fourth-order valence-electron chi connectivity index (χ4n) is 2.33. The first-order valence-corrected chi connectivity index (χ1v) is 5.97. The molecule has 16 heavy (non-hydrogen) atoms. The summed E-state index contributed by atoms with van der Waals surface area (Å²) in [5.74, 6) is 0.918. The Bertz CT molecular complexity index is 309. The van der Waals surface area contributed by atoms with Crippen LogP contribution in [0.15, 0.2) is 18.3 Å². The van der Waals surface area contributed by atoms with Gasteiger partial charge in [-0.2, -0.15) is 0 Å². The van der Waals surface area contributed by atoms with Crippen LogP contribution < -0.4 is 5.32 Å². The topological polar surface area (TPSA) is 24.9 Å². The number of aromatic nitrogens is 1. The molecule has 1 aliphatic carbocycles. The van der Waals surface area contributed by atoms with Crippen molar-refractivity contribution in [3.05, 3.63) is 29.6 Å². The summed E-state index contributed by atoms with van der Waals surface area (Å²) in [7, 11) is 0. The predicted octanol–water partition coefficient (Wildman–Crippen LogP) is 3.09. The number of aryl methyl sites for hydroxylation is 1. The van der Waals surface area contributed by atoms with E-state index in [9.17, 15) is 0 Å². The molecule has 2 rings (SSSR count). The monoisotopic (exact) mass is 240 g/mol. The van der Waals surface area contributed by atoms with E-state index < -0.39 is 0 Å². The van der Waals surface area contributed by atoms with Crippen molar-refractivity contribution in [1.29, 1.82) is 0 Å². The number of pyridine rings is 1. The van der Waals surface area contributed by atoms with E-state index in [0.29, 0.717) is 0 Å². The fraction of sp³-hybridized carbons (Fsp3) is 0.615. The van der Waals surface area contributed by atoms with Crippen molar-refractivity contribution in [3.63, 3.8) is 0 Å². The summed E-state index contributed by atoms with van der Waals surface area (Å²) in [5.41, 5.74) is 2.48. The third-order valence-corrected chi connectivity index (χ3v) is 3.34. The minimum absolute atomic E-state index is 0. The van der Waals surface area contributed by atoms with Crippen LogP contribution in [0.2, 0.25) is 0 Å². The smallest absolute Gasteiger partial charge is 0.0417 e. The lowest BCUT2D eigenvalue weighted by molar-refractivity contribution is 0.488. The Morgan fingerprint density at radius 3 is 2.81 bits per heavy atom. The van der Waals surface area contributed by atoms with Crippen molar-refractivity contribution in [2.45, 2.75) is 39.2 Å². The van der Waals surface area contributed by atoms with Gasteiger partial charge in [0.1, 0.15) is 0 Å². The van der Waals surface area contributed by atoms with Crippen LogP contribution in [0.25, 0.3) is 0 Å². The highest BCUT2D eigenvalue weighted by Crippen LogP contribution is 2.23. The normalized spacial score (nSPS) is 16.1. The lowest BCUT2D eigenvalue weighted by Gasteiger charge is -2.11. The number of hydrogen-bond acceptors (Lipinski definition) is 2. The molecule has 0 aromatic carbocycles. The van der Waals surface area contributed by atoms with Gasteiger partial charge in [-0.3, -0.25) is 4.98 Å². The molecule has 1 aliphatic rings. The maximum atomic E-state index is 4.29. The molecule has 1 N–H and O–H groups in total. The maximum absolute atomic E-state index is 4.29. The van der Waals surface area contributed by atoms with Crippen LogP contribution in [0.3, 0.4) is 0 Å². The number of nitrogens with zero attached hydrogens (tertiary/aromatic N) is 1. The second-order valence-corrected chi connectivity index (χ2v) is 4.53. The van der Waals surface area contributed by atoms with Crippen molar-refractivity contribution < 1.29 is 0 Å². The molecular weight excluding hydrogens is 220 g/mol. The first-order chi connectivity index (χ1) is 7.36. The summed E-state index contributed by atoms with van der Waals surface area (Å²) in [6.45, 7) is 4.22. The molecular formula is C13H21ClN2. The molecule has 0 radical (unpaired) electrons. The highest BCUT2D eigenvalue weighted by Gasteiger charge is 2.13. The van der Waals surface area contributed by atoms with Crippen molar-refractivity contribution in [2.75, 3.05) is 6.54 Å². The van der Waals surface area contributed by atoms with E-state index in [1.54, 1.807) is 0 Å². The zero-order valence-corrected chi connectivity index (χ0v) is 10.7. The quantitative estimate of drug-likeness (QED) is 0.875. The van der Waals surface area contributed by atoms with Gasteiger partial charge in [0.25, 0.3) is 0 Å². The van der Waals surface area contributed by atoms with Gasteiger partial charge in [-0.15, -0.1) is 12.4 Å². The van der Waals surface area contributed by atoms with Crippen LogP contribution >= 0.6 is 12.4 Å². The first kappa shape index (κ1) is 13.5. The van der Waals surface area contributed by atoms with E-state index in [0.717, 1.165) is 18.2 Å². The Hall–Kier alpha value is -0.600. The Kier molecular flexibility index (Phi) is 5.78. The first-order valence-electron chi connectivity index (χ1n) is 5.97. The summed E-state index contributed by atoms with van der Waals surface area (Å²) >= 11 is 0. The number of nitrogens with one attached hydrogen (secondary N) is 1. The minimum atomic E-state index is 0. The highest BCUT2D eigenvalue weighted by atomic mass is 35.5. The SMILES string of the molecule is Cc1ncccc1CNCC1CCCC1.Cl. The molecule has 0 spiro atoms. The molecule has 1 heterocycles. The van der Waals surface area contributed by atoms with Crippen molar-refractivity contribution in [1.82, 2.24) is 10.3 Å². The van der Waals surface area contributed by atoms with Gasteiger partial charge in [0, 0.05) is 18.4 Å². The molecule has 1 fully saturated rings. The maximum Gasteiger partial charge on any atom is 0.0417 e. The lowest BCUT2D eigenvalue weighted by atomic mass is 10.1. The summed E-state index contributed by atoms with van der Waals surface area (Å²) in [4.78, 5) is 4.29. The van der Waals surface area contributed by atoms with Gasteiger partial charge < -0.3 is 5.32 Å². The summed E-state index contributed by atoms with van der Waals surface area (Å²) < 4.78 is 0. The van der Waals surface area contributed by atoms with Crippen molar-refractivity contribution in [2.24, 2.45) is 5.92 Å². The van der Waals surface area contributed by atoms with Crippen LogP contribution in [0, 0.1) is 12.8 Å². The summed E-state index contributed by atoms with van der Waals surface area (Å²) in [6, 6.07) is 4.17. The van der Waals surface area contributed by atoms with Crippen LogP contribution in [-0.2, 0) is 6.54 Å². The summed E-state index contributed by atoms with van der Waals surface area (Å²) in [6.07, 6.45) is 7.55. The van der Waals surface area contributed by atoms with Gasteiger partial charge in [0.15, 0.2) is 0 Å². The zero-order chi connectivity index (χ0) is 10.5. The second kappa shape index (κ2) is 6.87. The van der Waals surface area contributed by atoms with Crippen molar-refractivity contribution in [3.8, 4) is 0 Å². The Morgan fingerprint density at radius 1 is 1.38 bits per heavy atom. The van der Waals surface area contributed by atoms with Crippen molar-refractivity contribution >= 4 is 12.4 Å². The molecule has 0 amide bonds. The summed E-state index contributed by atoms with van der Waals surface area (Å²) in [5, 5.41) is 3.54. The molecule has 0 unspecified atom stereocenters. The zero-order valence-electron chi connectivity index (χ0n) is 9.91. The highest BCUT2D eigenvalue weighted by molar-refractivity contribution is 5.85. The molecule has 0 saturated heterocycles. The predicted molar refractivity (Wildman–Crippen MR) is 69.9 cm³/mol. The molecule has 3 heteroatoms. The van der Waals surface area contributed by atoms with E-state index in [1.165, 1.54) is 37.8 Å². The van der Waals surface area contributed by atoms with Crippen LogP contribution in [0.1, 0.15) is 36.9 Å². The molecule has 1 saturated carbocycles. The Balaban J connectivity index is 0.00000128. The third-order valence-electron chi connectivity index (χ3n) is 3.34. The van der Waals surface area contributed by atoms with Gasteiger partial charge in [-0.05, 0) is 43.9 Å². The molecule has 2 nitrogen and oxygen atoms in total.